The lowest BCUT2D eigenvalue weighted by molar-refractivity contribution is -0.137. The first-order valence-electron chi connectivity index (χ1n) is 4.65. The molecule has 0 aliphatic carbocycles. The standard InChI is InChI=1S/C9H10N2O6S/c1-17-8(12)4-18(15,16)3-7-6(9(13)14)2-10-5-11-7/h2,5H,3-4H2,1H3,(H,13,14). The van der Waals surface area contributed by atoms with Crippen LogP contribution in [0.15, 0.2) is 12.5 Å². The molecule has 0 aromatic carbocycles. The average molecular weight is 274 g/mol. The molecule has 0 unspecified atom stereocenters. The van der Waals surface area contributed by atoms with Crippen LogP contribution in [0, 0.1) is 0 Å². The molecule has 0 fully saturated rings. The summed E-state index contributed by atoms with van der Waals surface area (Å²) < 4.78 is 27.4. The molecule has 0 atom stereocenters. The molecule has 1 aromatic rings. The Bertz CT molecular complexity index is 568. The van der Waals surface area contributed by atoms with E-state index >= 15 is 0 Å². The van der Waals surface area contributed by atoms with E-state index in [1.54, 1.807) is 0 Å². The van der Waals surface area contributed by atoms with Crippen molar-refractivity contribution in [2.45, 2.75) is 5.75 Å². The van der Waals surface area contributed by atoms with E-state index in [0.717, 1.165) is 19.6 Å². The number of nitrogens with zero attached hydrogens (tertiary/aromatic N) is 2. The minimum atomic E-state index is -3.83. The van der Waals surface area contributed by atoms with Crippen molar-refractivity contribution in [2.75, 3.05) is 12.9 Å². The number of methoxy groups -OCH3 is 1. The van der Waals surface area contributed by atoms with Gasteiger partial charge in [0, 0.05) is 6.20 Å². The number of aromatic nitrogens is 2. The van der Waals surface area contributed by atoms with Gasteiger partial charge in [0.2, 0.25) is 0 Å². The Hall–Kier alpha value is -2.03. The van der Waals surface area contributed by atoms with Gasteiger partial charge in [0.05, 0.1) is 18.6 Å². The molecule has 0 aliphatic heterocycles. The molecule has 8 nitrogen and oxygen atoms in total. The topological polar surface area (TPSA) is 124 Å². The third-order valence-electron chi connectivity index (χ3n) is 1.95. The zero-order chi connectivity index (χ0) is 13.8. The maximum absolute atomic E-state index is 11.6. The summed E-state index contributed by atoms with van der Waals surface area (Å²) in [7, 11) is -2.77. The highest BCUT2D eigenvalue weighted by molar-refractivity contribution is 7.91. The van der Waals surface area contributed by atoms with Gasteiger partial charge in [-0.25, -0.2) is 23.2 Å². The quantitative estimate of drug-likeness (QED) is 0.696. The summed E-state index contributed by atoms with van der Waals surface area (Å²) in [5.74, 6) is -3.74. The molecule has 98 valence electrons. The van der Waals surface area contributed by atoms with Crippen LogP contribution in [0.1, 0.15) is 16.1 Å². The van der Waals surface area contributed by atoms with E-state index in [2.05, 4.69) is 14.7 Å². The summed E-state index contributed by atoms with van der Waals surface area (Å²) in [4.78, 5) is 28.8. The van der Waals surface area contributed by atoms with Crippen LogP contribution in [0.3, 0.4) is 0 Å². The molecule has 1 aromatic heterocycles. The molecule has 0 radical (unpaired) electrons. The number of carboxylic acids is 1. The number of esters is 1. The van der Waals surface area contributed by atoms with Crippen LogP contribution in [-0.2, 0) is 25.1 Å². The fraction of sp³-hybridized carbons (Fsp3) is 0.333. The Morgan fingerprint density at radius 3 is 2.67 bits per heavy atom. The highest BCUT2D eigenvalue weighted by Crippen LogP contribution is 2.09. The minimum Gasteiger partial charge on any atom is -0.478 e. The number of ether oxygens (including phenoxy) is 1. The number of carbonyl (C=O) groups is 2. The van der Waals surface area contributed by atoms with Crippen molar-refractivity contribution < 1.29 is 27.9 Å². The fourth-order valence-electron chi connectivity index (χ4n) is 1.15. The van der Waals surface area contributed by atoms with E-state index in [1.807, 2.05) is 0 Å². The lowest BCUT2D eigenvalue weighted by atomic mass is 10.2. The molecular weight excluding hydrogens is 264 g/mol. The third kappa shape index (κ3) is 3.77. The molecule has 18 heavy (non-hydrogen) atoms. The summed E-state index contributed by atoms with van der Waals surface area (Å²) in [5.41, 5.74) is -0.479. The third-order valence-corrected chi connectivity index (χ3v) is 3.34. The van der Waals surface area contributed by atoms with Crippen LogP contribution in [-0.4, -0.2) is 48.3 Å². The van der Waals surface area contributed by atoms with Gasteiger partial charge in [-0.15, -0.1) is 0 Å². The molecule has 0 bridgehead atoms. The van der Waals surface area contributed by atoms with Crippen LogP contribution in [0.2, 0.25) is 0 Å². The largest absolute Gasteiger partial charge is 0.478 e. The first-order chi connectivity index (χ1) is 8.35. The summed E-state index contributed by atoms with van der Waals surface area (Å²) in [5, 5.41) is 8.82. The van der Waals surface area contributed by atoms with E-state index < -0.39 is 33.3 Å². The van der Waals surface area contributed by atoms with Gasteiger partial charge in [-0.2, -0.15) is 0 Å². The van der Waals surface area contributed by atoms with Gasteiger partial charge < -0.3 is 9.84 Å². The highest BCUT2D eigenvalue weighted by Gasteiger charge is 2.22. The summed E-state index contributed by atoms with van der Waals surface area (Å²) >= 11 is 0. The van der Waals surface area contributed by atoms with Gasteiger partial charge in [0.15, 0.2) is 9.84 Å². The monoisotopic (exact) mass is 274 g/mol. The van der Waals surface area contributed by atoms with Crippen molar-refractivity contribution in [1.82, 2.24) is 9.97 Å². The molecule has 1 rings (SSSR count). The van der Waals surface area contributed by atoms with Crippen molar-refractivity contribution in [1.29, 1.82) is 0 Å². The van der Waals surface area contributed by atoms with Gasteiger partial charge in [-0.1, -0.05) is 0 Å². The van der Waals surface area contributed by atoms with E-state index in [4.69, 9.17) is 5.11 Å². The number of carboxylic acid groups (broad SMARTS) is 1. The lowest BCUT2D eigenvalue weighted by Crippen LogP contribution is -2.20. The average Bonchev–Trinajstić information content (AvgIpc) is 2.28. The number of carbonyl (C=O) groups excluding carboxylic acids is 1. The number of aromatic carboxylic acids is 1. The van der Waals surface area contributed by atoms with Crippen LogP contribution in [0.25, 0.3) is 0 Å². The molecule has 0 saturated heterocycles. The highest BCUT2D eigenvalue weighted by atomic mass is 32.2. The maximum Gasteiger partial charge on any atom is 0.339 e. The molecule has 1 N–H and O–H groups in total. The Morgan fingerprint density at radius 1 is 1.44 bits per heavy atom. The Kier molecular flexibility index (Phi) is 4.32. The summed E-state index contributed by atoms with van der Waals surface area (Å²) in [6, 6.07) is 0. The van der Waals surface area contributed by atoms with Crippen molar-refractivity contribution >= 4 is 21.8 Å². The molecule has 0 amide bonds. The van der Waals surface area contributed by atoms with Crippen molar-refractivity contribution in [3.05, 3.63) is 23.8 Å². The van der Waals surface area contributed by atoms with E-state index in [1.165, 1.54) is 0 Å². The lowest BCUT2D eigenvalue weighted by Gasteiger charge is -2.05. The SMILES string of the molecule is COC(=O)CS(=O)(=O)Cc1ncncc1C(=O)O. The smallest absolute Gasteiger partial charge is 0.339 e. The number of hydrogen-bond donors (Lipinski definition) is 1. The van der Waals surface area contributed by atoms with Gasteiger partial charge >= 0.3 is 11.9 Å². The fourth-order valence-corrected chi connectivity index (χ4v) is 2.37. The number of hydrogen-bond acceptors (Lipinski definition) is 7. The Balaban J connectivity index is 2.98. The van der Waals surface area contributed by atoms with Gasteiger partial charge in [-0.3, -0.25) is 4.79 Å². The predicted molar refractivity (Wildman–Crippen MR) is 58.5 cm³/mol. The predicted octanol–water partition coefficient (Wildman–Crippen LogP) is -0.737. The van der Waals surface area contributed by atoms with Crippen LogP contribution in [0.5, 0.6) is 0 Å². The molecule has 1 heterocycles. The van der Waals surface area contributed by atoms with E-state index in [0.29, 0.717) is 0 Å². The first-order valence-corrected chi connectivity index (χ1v) is 6.47. The first kappa shape index (κ1) is 14.0. The van der Waals surface area contributed by atoms with Gasteiger partial charge in [-0.05, 0) is 0 Å². The minimum absolute atomic E-state index is 0.165. The van der Waals surface area contributed by atoms with Crippen LogP contribution >= 0.6 is 0 Å². The van der Waals surface area contributed by atoms with Crippen LogP contribution in [0.4, 0.5) is 0 Å². The second kappa shape index (κ2) is 5.54. The van der Waals surface area contributed by atoms with Crippen molar-refractivity contribution in [2.24, 2.45) is 0 Å². The van der Waals surface area contributed by atoms with E-state index in [9.17, 15) is 18.0 Å². The van der Waals surface area contributed by atoms with Crippen molar-refractivity contribution in [3.8, 4) is 0 Å². The second-order valence-corrected chi connectivity index (χ2v) is 5.36. The Morgan fingerprint density at radius 2 is 2.11 bits per heavy atom. The van der Waals surface area contributed by atoms with E-state index in [-0.39, 0.29) is 11.3 Å². The molecule has 0 saturated carbocycles. The molecule has 0 aliphatic rings. The zero-order valence-corrected chi connectivity index (χ0v) is 10.2. The molecule has 0 spiro atoms. The maximum atomic E-state index is 11.6. The van der Waals surface area contributed by atoms with Crippen LogP contribution < -0.4 is 0 Å². The number of rotatable bonds is 5. The summed E-state index contributed by atoms with van der Waals surface area (Å²) in [6.45, 7) is 0. The van der Waals surface area contributed by atoms with Crippen molar-refractivity contribution in [3.63, 3.8) is 0 Å². The normalized spacial score (nSPS) is 10.9. The van der Waals surface area contributed by atoms with Gasteiger partial charge in [0.1, 0.15) is 17.6 Å². The zero-order valence-electron chi connectivity index (χ0n) is 9.36. The Labute approximate surface area is 103 Å². The second-order valence-electron chi connectivity index (χ2n) is 3.30. The van der Waals surface area contributed by atoms with Gasteiger partial charge in [0.25, 0.3) is 0 Å². The molecule has 9 heteroatoms. The summed E-state index contributed by atoms with van der Waals surface area (Å²) in [6.07, 6.45) is 2.04. The molecular formula is C9H10N2O6S. The number of sulfone groups is 1.